The van der Waals surface area contributed by atoms with Gasteiger partial charge >= 0.3 is 45.0 Å². The summed E-state index contributed by atoms with van der Waals surface area (Å²) in [6, 6.07) is 10.1. The van der Waals surface area contributed by atoms with Crippen molar-refractivity contribution in [3.05, 3.63) is 117 Å². The van der Waals surface area contributed by atoms with Crippen molar-refractivity contribution in [3.8, 4) is 11.5 Å². The summed E-state index contributed by atoms with van der Waals surface area (Å²) in [5, 5.41) is 5.98. The molecule has 6 aromatic rings. The average molecular weight is 1080 g/mol. The first kappa shape index (κ1) is 62.3. The Hall–Kier alpha value is -5.99. The molecule has 0 aliphatic rings. The molecule has 6 rings (SSSR count). The van der Waals surface area contributed by atoms with Gasteiger partial charge in [0.25, 0.3) is 5.91 Å². The molecule has 2 unspecified atom stereocenters. The highest BCUT2D eigenvalue weighted by molar-refractivity contribution is 6.51. The Balaban J connectivity index is 0.000000359. The number of aromatic nitrogens is 2. The molecule has 0 aliphatic heterocycles. The lowest BCUT2D eigenvalue weighted by Gasteiger charge is -2.22. The minimum atomic E-state index is -4.74. The molecular weight excluding hydrogens is 1020 g/mol. The first-order valence-electron chi connectivity index (χ1n) is 22.9. The number of aryl methyl sites for hydroxylation is 4. The summed E-state index contributed by atoms with van der Waals surface area (Å²) in [5.41, 5.74) is 2.58. The molecule has 24 heteroatoms. The molecule has 1 amide bonds. The first-order valence-corrected chi connectivity index (χ1v) is 25.8. The summed E-state index contributed by atoms with van der Waals surface area (Å²) >= 11 is -0.639. The lowest BCUT2D eigenvalue weighted by atomic mass is 9.97. The summed E-state index contributed by atoms with van der Waals surface area (Å²) in [4.78, 5) is 24.8. The molecule has 2 atom stereocenters. The smallest absolute Gasteiger partial charge is 0.437 e. The predicted molar refractivity (Wildman–Crippen MR) is 253 cm³/mol. The van der Waals surface area contributed by atoms with Gasteiger partial charge in [-0.25, -0.2) is 4.79 Å². The predicted octanol–water partition coefficient (Wildman–Crippen LogP) is 14.3. The van der Waals surface area contributed by atoms with Gasteiger partial charge in [-0.2, -0.15) is 52.7 Å². The third-order valence-electron chi connectivity index (χ3n) is 10.6. The van der Waals surface area contributed by atoms with E-state index in [0.29, 0.717) is 49.7 Å². The van der Waals surface area contributed by atoms with Gasteiger partial charge in [-0.1, -0.05) is 107 Å². The van der Waals surface area contributed by atoms with E-state index in [4.69, 9.17) is 33.7 Å². The van der Waals surface area contributed by atoms with Crippen LogP contribution in [0, 0.1) is 0 Å². The molecule has 0 spiro atoms. The van der Waals surface area contributed by atoms with Crippen LogP contribution in [0.5, 0.6) is 11.5 Å². The normalized spacial score (nSPS) is 12.7. The maximum atomic E-state index is 13.5. The van der Waals surface area contributed by atoms with Gasteiger partial charge < -0.3 is 33.7 Å². The van der Waals surface area contributed by atoms with Gasteiger partial charge in [0.15, 0.2) is 22.6 Å². The van der Waals surface area contributed by atoms with Gasteiger partial charge in [-0.3, -0.25) is 4.79 Å². The van der Waals surface area contributed by atoms with E-state index in [9.17, 15) is 62.3 Å². The van der Waals surface area contributed by atoms with Crippen LogP contribution < -0.4 is 19.9 Å². The van der Waals surface area contributed by atoms with Crippen molar-refractivity contribution in [3.63, 3.8) is 0 Å². The second-order valence-electron chi connectivity index (χ2n) is 16.9. The van der Waals surface area contributed by atoms with Crippen molar-refractivity contribution in [1.82, 2.24) is 10.3 Å². The number of esters is 1. The molecule has 0 saturated heterocycles. The number of halogens is 12. The highest BCUT2D eigenvalue weighted by Gasteiger charge is 2.41. The molecular formula is C50H57AlF12N4O7. The number of carbonyl (C=O) groups is 2. The number of amides is 1. The first-order chi connectivity index (χ1) is 34.0. The van der Waals surface area contributed by atoms with E-state index in [1.807, 2.05) is 13.8 Å². The van der Waals surface area contributed by atoms with Crippen molar-refractivity contribution in [2.24, 2.45) is 10.5 Å². The number of carbonyl (C=O) groups excluding carboxylic acids is 2. The fraction of sp³-hybridized carbons (Fsp3) is 0.440. The summed E-state index contributed by atoms with van der Waals surface area (Å²) < 4.78 is 191. The maximum absolute atomic E-state index is 13.5. The molecule has 2 aromatic heterocycles. The lowest BCUT2D eigenvalue weighted by Crippen LogP contribution is -2.27. The average Bonchev–Trinajstić information content (AvgIpc) is 3.94. The largest absolute Gasteiger partial charge is 0.475 e. The van der Waals surface area contributed by atoms with Gasteiger partial charge in [-0.05, 0) is 73.2 Å². The van der Waals surface area contributed by atoms with E-state index < -0.39 is 85.7 Å². The lowest BCUT2D eigenvalue weighted by molar-refractivity contribution is -0.149. The highest BCUT2D eigenvalue weighted by atomic mass is 27.2. The quantitative estimate of drug-likeness (QED) is 0.0541. The van der Waals surface area contributed by atoms with E-state index in [2.05, 4.69) is 21.9 Å². The van der Waals surface area contributed by atoms with Crippen LogP contribution in [0.1, 0.15) is 129 Å². The van der Waals surface area contributed by atoms with Gasteiger partial charge in [0.2, 0.25) is 12.2 Å². The molecule has 0 fully saturated rings. The van der Waals surface area contributed by atoms with Gasteiger partial charge in [0.05, 0.1) is 29.0 Å². The Bertz CT molecular complexity index is 2780. The fourth-order valence-electron chi connectivity index (χ4n) is 7.52. The van der Waals surface area contributed by atoms with Gasteiger partial charge in [0.1, 0.15) is 11.5 Å². The van der Waals surface area contributed by atoms with Crippen LogP contribution in [0.3, 0.4) is 0 Å². The number of nitrogens with two attached hydrogens (primary N) is 2. The van der Waals surface area contributed by atoms with Crippen molar-refractivity contribution in [1.29, 1.82) is 0 Å². The standard InChI is InChI=1S/C24H23F6NO4.C23H22F6N2O3.CH4.2CH3.Al.H2N/c1-4-6-14-12-17-20(35-31-21(17)24(28,29)30)16(7-5-2)18(14)34-19(22(32)33-3)13-8-10-15(11-9-13)23(25,26)27;1-3-5-13-11-16-19(34-31-20(16)23(27,28)29)15(6-4-2)17(13)33-18(21(30)32)12-7-9-14(10-8-12)22(24,25)26;;;;;/h8-12,19H,4-7H2,1-3H3;7-11,18H,3-6H2,1-2H3,(H2,30,32);1H4;2*1H3;;1H2/q;;;;;+1;-1. The van der Waals surface area contributed by atoms with E-state index >= 15 is 0 Å². The number of benzene rings is 4. The molecule has 4 aromatic carbocycles. The van der Waals surface area contributed by atoms with Crippen LogP contribution in [-0.2, 0) is 64.7 Å². The second kappa shape index (κ2) is 26.0. The Morgan fingerprint density at radius 1 is 0.581 bits per heavy atom. The van der Waals surface area contributed by atoms with Crippen molar-refractivity contribution >= 4 is 48.2 Å². The summed E-state index contributed by atoms with van der Waals surface area (Å²) in [6.07, 6.45) is -18.4. The number of ether oxygens (including phenoxy) is 3. The minimum absolute atomic E-state index is 0. The number of nitrogens with zero attached hydrogens (tertiary/aromatic N) is 2. The van der Waals surface area contributed by atoms with Crippen LogP contribution in [-0.4, -0.2) is 43.7 Å². The highest BCUT2D eigenvalue weighted by Crippen LogP contribution is 2.44. The number of primary amides is 1. The van der Waals surface area contributed by atoms with Crippen molar-refractivity contribution < 1.29 is 85.5 Å². The zero-order valence-corrected chi connectivity index (χ0v) is 41.8. The summed E-state index contributed by atoms with van der Waals surface area (Å²) in [6.45, 7) is 7.23. The fourth-order valence-corrected chi connectivity index (χ4v) is 7.52. The van der Waals surface area contributed by atoms with Crippen LogP contribution in [0.15, 0.2) is 69.7 Å². The van der Waals surface area contributed by atoms with E-state index in [1.54, 1.807) is 13.8 Å². The van der Waals surface area contributed by atoms with E-state index in [0.717, 1.165) is 55.6 Å². The van der Waals surface area contributed by atoms with Crippen LogP contribution >= 0.6 is 0 Å². The number of fused-ring (bicyclic) bond motifs is 2. The van der Waals surface area contributed by atoms with Crippen molar-refractivity contribution in [2.75, 3.05) is 7.11 Å². The van der Waals surface area contributed by atoms with E-state index in [-0.39, 0.29) is 76.0 Å². The second-order valence-corrected chi connectivity index (χ2v) is 19.4. The Morgan fingerprint density at radius 3 is 1.19 bits per heavy atom. The third kappa shape index (κ3) is 15.5. The van der Waals surface area contributed by atoms with E-state index in [1.165, 1.54) is 12.1 Å². The molecule has 4 N–H and O–H groups in total. The molecule has 0 aliphatic carbocycles. The van der Waals surface area contributed by atoms with Crippen molar-refractivity contribution in [2.45, 2.75) is 135 Å². The number of methoxy groups -OCH3 is 1. The van der Waals surface area contributed by atoms with Crippen LogP contribution in [0.25, 0.3) is 21.9 Å². The Labute approximate surface area is 423 Å². The molecule has 0 radical (unpaired) electrons. The van der Waals surface area contributed by atoms with Gasteiger partial charge in [0, 0.05) is 22.3 Å². The Morgan fingerprint density at radius 2 is 0.905 bits per heavy atom. The van der Waals surface area contributed by atoms with Gasteiger partial charge in [-0.15, -0.1) is 0 Å². The topological polar surface area (TPSA) is 166 Å². The molecule has 0 saturated carbocycles. The number of rotatable bonds is 16. The zero-order valence-electron chi connectivity index (χ0n) is 40.6. The number of hydrogen-bond acceptors (Lipinski definition) is 10. The number of hydrogen-bond donors (Lipinski definition) is 2. The number of alkyl halides is 12. The molecule has 74 heavy (non-hydrogen) atoms. The minimum Gasteiger partial charge on any atom is -0.475 e. The SMILES string of the molecule is C.CCCc1cc2c(C(F)(F)F)noc2c(CCC)c1OC(C(=O)OC)c1ccc(C(F)(F)F)cc1.CCCc1cc2c(C(F)(F)F)noc2c(CCC)c1OC(C(N)=O)c1ccc(C(F)(F)F)cc1.[CH3][Al]([CH3])[NH2]. The molecule has 0 bridgehead atoms. The van der Waals surface area contributed by atoms with Crippen LogP contribution in [0.2, 0.25) is 11.6 Å². The molecule has 2 heterocycles. The molecule has 406 valence electrons. The molecule has 11 nitrogen and oxygen atoms in total. The van der Waals surface area contributed by atoms with Crippen LogP contribution in [0.4, 0.5) is 52.7 Å². The maximum Gasteiger partial charge on any atom is 0.437 e. The summed E-state index contributed by atoms with van der Waals surface area (Å²) in [7, 11) is 1.10. The summed E-state index contributed by atoms with van der Waals surface area (Å²) in [5.74, 6) is 2.55. The monoisotopic (exact) mass is 1080 g/mol. The zero-order chi connectivity index (χ0) is 54.8. The Kier molecular flexibility index (Phi) is 21.9. The third-order valence-corrected chi connectivity index (χ3v) is 10.6.